The Kier molecular flexibility index (Phi) is 4.00. The Morgan fingerprint density at radius 3 is 2.47 bits per heavy atom. The summed E-state index contributed by atoms with van der Waals surface area (Å²) in [4.78, 5) is 26.8. The zero-order valence-corrected chi connectivity index (χ0v) is 11.2. The second kappa shape index (κ2) is 4.93. The number of nitrogens with one attached hydrogen (secondary N) is 1. The number of ketones is 1. The number of thiazole rings is 1. The van der Waals surface area contributed by atoms with Crippen molar-refractivity contribution in [3.05, 3.63) is 11.1 Å². The van der Waals surface area contributed by atoms with Crippen LogP contribution >= 0.6 is 11.3 Å². The maximum absolute atomic E-state index is 11.8. The third-order valence-electron chi connectivity index (χ3n) is 2.31. The van der Waals surface area contributed by atoms with E-state index in [0.717, 1.165) is 0 Å². The van der Waals surface area contributed by atoms with E-state index in [4.69, 9.17) is 5.73 Å². The van der Waals surface area contributed by atoms with E-state index in [-0.39, 0.29) is 17.1 Å². The summed E-state index contributed by atoms with van der Waals surface area (Å²) in [7, 11) is 0. The van der Waals surface area contributed by atoms with Gasteiger partial charge < -0.3 is 11.1 Å². The number of aromatic nitrogens is 1. The number of carbonyl (C=O) groups is 2. The highest BCUT2D eigenvalue weighted by Gasteiger charge is 2.28. The van der Waals surface area contributed by atoms with Crippen molar-refractivity contribution in [2.45, 2.75) is 33.7 Å². The monoisotopic (exact) mass is 255 g/mol. The van der Waals surface area contributed by atoms with Crippen LogP contribution in [-0.4, -0.2) is 22.7 Å². The van der Waals surface area contributed by atoms with Gasteiger partial charge in [0.05, 0.1) is 6.04 Å². The Morgan fingerprint density at radius 2 is 2.06 bits per heavy atom. The lowest BCUT2D eigenvalue weighted by atomic mass is 9.87. The summed E-state index contributed by atoms with van der Waals surface area (Å²) in [6.07, 6.45) is 0. The van der Waals surface area contributed by atoms with Gasteiger partial charge in [0.1, 0.15) is 5.69 Å². The molecule has 94 valence electrons. The summed E-state index contributed by atoms with van der Waals surface area (Å²) >= 11 is 1.21. The van der Waals surface area contributed by atoms with Crippen molar-refractivity contribution in [3.8, 4) is 0 Å². The first-order valence-corrected chi connectivity index (χ1v) is 6.12. The molecule has 1 amide bonds. The van der Waals surface area contributed by atoms with Crippen molar-refractivity contribution < 1.29 is 9.59 Å². The number of hydrogen-bond acceptors (Lipinski definition) is 5. The molecule has 1 rings (SSSR count). The van der Waals surface area contributed by atoms with E-state index in [2.05, 4.69) is 10.3 Å². The average molecular weight is 255 g/mol. The smallest absolute Gasteiger partial charge is 0.243 e. The molecule has 0 aliphatic carbocycles. The molecule has 0 aromatic carbocycles. The van der Waals surface area contributed by atoms with Crippen molar-refractivity contribution in [3.63, 3.8) is 0 Å². The zero-order valence-electron chi connectivity index (χ0n) is 10.4. The molecule has 0 unspecified atom stereocenters. The van der Waals surface area contributed by atoms with E-state index in [1.165, 1.54) is 18.3 Å². The Balaban J connectivity index is 2.71. The van der Waals surface area contributed by atoms with Gasteiger partial charge in [0.25, 0.3) is 0 Å². The van der Waals surface area contributed by atoms with Crippen molar-refractivity contribution in [1.29, 1.82) is 0 Å². The number of amides is 1. The zero-order chi connectivity index (χ0) is 13.2. The minimum absolute atomic E-state index is 0.123. The average Bonchev–Trinajstić information content (AvgIpc) is 2.63. The number of hydrogen-bond donors (Lipinski definition) is 2. The van der Waals surface area contributed by atoms with Crippen LogP contribution in [0.5, 0.6) is 0 Å². The Morgan fingerprint density at radius 1 is 1.47 bits per heavy atom. The number of rotatable bonds is 3. The predicted molar refractivity (Wildman–Crippen MR) is 68.2 cm³/mol. The molecule has 17 heavy (non-hydrogen) atoms. The summed E-state index contributed by atoms with van der Waals surface area (Å²) in [6.45, 7) is 7.10. The lowest BCUT2D eigenvalue weighted by Gasteiger charge is -2.25. The molecule has 1 aromatic rings. The molecule has 5 nitrogen and oxygen atoms in total. The third-order valence-corrected chi connectivity index (χ3v) is 3.07. The molecule has 0 saturated carbocycles. The lowest BCUT2D eigenvalue weighted by Crippen LogP contribution is -2.45. The quantitative estimate of drug-likeness (QED) is 0.804. The lowest BCUT2D eigenvalue weighted by molar-refractivity contribution is -0.119. The van der Waals surface area contributed by atoms with E-state index < -0.39 is 6.04 Å². The van der Waals surface area contributed by atoms with Gasteiger partial charge in [-0.05, 0) is 5.41 Å². The van der Waals surface area contributed by atoms with Gasteiger partial charge in [0.15, 0.2) is 10.9 Å². The maximum atomic E-state index is 11.8. The van der Waals surface area contributed by atoms with Crippen LogP contribution in [0.15, 0.2) is 5.38 Å². The molecule has 0 saturated heterocycles. The van der Waals surface area contributed by atoms with Crippen molar-refractivity contribution in [2.24, 2.45) is 11.1 Å². The topological polar surface area (TPSA) is 85.1 Å². The molecular weight excluding hydrogens is 238 g/mol. The molecule has 3 N–H and O–H groups in total. The fraction of sp³-hybridized carbons (Fsp3) is 0.545. The molecule has 0 aliphatic heterocycles. The number of carbonyl (C=O) groups excluding carboxylic acids is 2. The minimum Gasteiger partial charge on any atom is -0.319 e. The largest absolute Gasteiger partial charge is 0.319 e. The van der Waals surface area contributed by atoms with Gasteiger partial charge in [-0.1, -0.05) is 20.8 Å². The summed E-state index contributed by atoms with van der Waals surface area (Å²) < 4.78 is 0. The molecule has 0 spiro atoms. The maximum Gasteiger partial charge on any atom is 0.243 e. The highest BCUT2D eigenvalue weighted by atomic mass is 32.1. The molecule has 1 atom stereocenters. The molecule has 0 fully saturated rings. The first kappa shape index (κ1) is 13.8. The van der Waals surface area contributed by atoms with Crippen molar-refractivity contribution in [1.82, 2.24) is 4.98 Å². The van der Waals surface area contributed by atoms with Gasteiger partial charge in [-0.2, -0.15) is 0 Å². The predicted octanol–water partition coefficient (Wildman–Crippen LogP) is 1.66. The summed E-state index contributed by atoms with van der Waals surface area (Å²) in [5, 5.41) is 4.63. The summed E-state index contributed by atoms with van der Waals surface area (Å²) in [6, 6.07) is -0.618. The standard InChI is InChI=1S/C11H17N3O2S/c1-6(15)7-5-17-10(13-7)14-9(16)8(12)11(2,3)4/h5,8H,12H2,1-4H3,(H,13,14,16)/t8-/m0/s1. The van der Waals surface area contributed by atoms with Crippen LogP contribution in [0.1, 0.15) is 38.2 Å². The van der Waals surface area contributed by atoms with Crippen LogP contribution in [0, 0.1) is 5.41 Å². The van der Waals surface area contributed by atoms with Crippen LogP contribution in [0.2, 0.25) is 0 Å². The van der Waals surface area contributed by atoms with Gasteiger partial charge in [-0.25, -0.2) is 4.98 Å². The van der Waals surface area contributed by atoms with E-state index in [0.29, 0.717) is 10.8 Å². The third kappa shape index (κ3) is 3.61. The van der Waals surface area contributed by atoms with Gasteiger partial charge >= 0.3 is 0 Å². The summed E-state index contributed by atoms with van der Waals surface area (Å²) in [5.74, 6) is -0.413. The molecule has 0 aliphatic rings. The molecule has 1 heterocycles. The van der Waals surface area contributed by atoms with E-state index in [1.54, 1.807) is 5.38 Å². The van der Waals surface area contributed by atoms with Gasteiger partial charge in [0.2, 0.25) is 5.91 Å². The first-order valence-electron chi connectivity index (χ1n) is 5.24. The number of nitrogens with two attached hydrogens (primary N) is 1. The fourth-order valence-electron chi connectivity index (χ4n) is 1.07. The van der Waals surface area contributed by atoms with Crippen LogP contribution in [-0.2, 0) is 4.79 Å². The molecule has 0 radical (unpaired) electrons. The van der Waals surface area contributed by atoms with E-state index in [9.17, 15) is 9.59 Å². The molecular formula is C11H17N3O2S. The first-order chi connectivity index (χ1) is 7.71. The van der Waals surface area contributed by atoms with Crippen LogP contribution < -0.4 is 11.1 Å². The van der Waals surface area contributed by atoms with E-state index in [1.807, 2.05) is 20.8 Å². The highest BCUT2D eigenvalue weighted by molar-refractivity contribution is 7.14. The Hall–Kier alpha value is -1.27. The normalized spacial score (nSPS) is 13.2. The second-order valence-electron chi connectivity index (χ2n) is 4.93. The van der Waals surface area contributed by atoms with Gasteiger partial charge in [-0.15, -0.1) is 11.3 Å². The number of Topliss-reactive ketones (excluding diaryl/α,β-unsaturated/α-hetero) is 1. The van der Waals surface area contributed by atoms with Gasteiger partial charge in [0, 0.05) is 12.3 Å². The van der Waals surface area contributed by atoms with Crippen molar-refractivity contribution in [2.75, 3.05) is 5.32 Å². The molecule has 6 heteroatoms. The van der Waals surface area contributed by atoms with Crippen molar-refractivity contribution >= 4 is 28.2 Å². The Bertz CT molecular complexity index is 434. The molecule has 0 bridgehead atoms. The second-order valence-corrected chi connectivity index (χ2v) is 5.79. The number of anilines is 1. The molecule has 1 aromatic heterocycles. The highest BCUT2D eigenvalue weighted by Crippen LogP contribution is 2.20. The summed E-state index contributed by atoms with van der Waals surface area (Å²) in [5.41, 5.74) is 5.85. The minimum atomic E-state index is -0.618. The SMILES string of the molecule is CC(=O)c1csc(NC(=O)[C@H](N)C(C)(C)C)n1. The fourth-order valence-corrected chi connectivity index (χ4v) is 1.82. The van der Waals surface area contributed by atoms with Gasteiger partial charge in [-0.3, -0.25) is 9.59 Å². The number of nitrogens with zero attached hydrogens (tertiary/aromatic N) is 1. The van der Waals surface area contributed by atoms with Crippen LogP contribution in [0.25, 0.3) is 0 Å². The Labute approximate surface area is 104 Å². The van der Waals surface area contributed by atoms with Crippen LogP contribution in [0.3, 0.4) is 0 Å². The van der Waals surface area contributed by atoms with E-state index >= 15 is 0 Å². The van der Waals surface area contributed by atoms with Crippen LogP contribution in [0.4, 0.5) is 5.13 Å².